The minimum absolute atomic E-state index is 0.0408. The summed E-state index contributed by atoms with van der Waals surface area (Å²) in [6, 6.07) is 8.37. The first kappa shape index (κ1) is 21.3. The zero-order valence-electron chi connectivity index (χ0n) is 18.1. The Balaban J connectivity index is 1.95. The van der Waals surface area contributed by atoms with E-state index in [0.717, 1.165) is 4.74 Å². The Morgan fingerprint density at radius 3 is 2.41 bits per heavy atom. The fraction of sp³-hybridized carbons (Fsp3) is 0.273. The van der Waals surface area contributed by atoms with Gasteiger partial charge in [0.15, 0.2) is 5.69 Å². The van der Waals surface area contributed by atoms with Crippen molar-refractivity contribution in [1.82, 2.24) is 19.1 Å². The zero-order valence-corrected chi connectivity index (χ0v) is 18.1. The maximum atomic E-state index is 13.3. The molecule has 0 atom stereocenters. The molecule has 0 aliphatic heterocycles. The largest absolute Gasteiger partial charge is 0.464 e. The number of aliphatic hydroxyl groups excluding tert-OH is 1. The first-order chi connectivity index (χ1) is 15.3. The lowest BCUT2D eigenvalue weighted by Crippen LogP contribution is -2.21. The van der Waals surface area contributed by atoms with E-state index < -0.39 is 12.6 Å². The first-order valence-corrected chi connectivity index (χ1v) is 9.94. The number of aliphatic hydroxyl groups is 1. The number of rotatable bonds is 5. The van der Waals surface area contributed by atoms with E-state index in [0.29, 0.717) is 34.6 Å². The zero-order chi connectivity index (χ0) is 23.2. The minimum Gasteiger partial charge on any atom is -0.464 e. The molecule has 10 nitrogen and oxygen atoms in total. The van der Waals surface area contributed by atoms with Crippen LogP contribution in [0.4, 0.5) is 0 Å². The van der Waals surface area contributed by atoms with Crippen molar-refractivity contribution in [1.29, 1.82) is 0 Å². The maximum Gasteiger partial charge on any atom is 0.358 e. The van der Waals surface area contributed by atoms with Gasteiger partial charge in [-0.3, -0.25) is 14.3 Å². The third-order valence-corrected chi connectivity index (χ3v) is 5.33. The highest BCUT2D eigenvalue weighted by molar-refractivity contribution is 6.01. The van der Waals surface area contributed by atoms with Gasteiger partial charge in [0.25, 0.3) is 11.1 Å². The molecule has 0 unspecified atom stereocenters. The molecule has 4 rings (SSSR count). The molecule has 0 amide bonds. The summed E-state index contributed by atoms with van der Waals surface area (Å²) in [5.74, 6) is -0.207. The van der Waals surface area contributed by atoms with Crippen LogP contribution in [0.2, 0.25) is 0 Å². The van der Waals surface area contributed by atoms with Crippen LogP contribution in [0.25, 0.3) is 27.7 Å². The second-order valence-electron chi connectivity index (χ2n) is 7.21. The summed E-state index contributed by atoms with van der Waals surface area (Å²) in [6.07, 6.45) is 0. The van der Waals surface area contributed by atoms with Crippen molar-refractivity contribution in [3.8, 4) is 16.8 Å². The molecule has 3 aromatic heterocycles. The molecule has 0 radical (unpaired) electrons. The van der Waals surface area contributed by atoms with Gasteiger partial charge in [0, 0.05) is 13.6 Å². The monoisotopic (exact) mass is 438 g/mol. The number of hydrogen-bond acceptors (Lipinski definition) is 7. The van der Waals surface area contributed by atoms with Crippen LogP contribution in [0.1, 0.15) is 28.9 Å². The number of fused-ring (bicyclic) bond motifs is 1. The van der Waals surface area contributed by atoms with Crippen molar-refractivity contribution in [3.63, 3.8) is 0 Å². The fourth-order valence-corrected chi connectivity index (χ4v) is 3.91. The van der Waals surface area contributed by atoms with Crippen LogP contribution in [0, 0.1) is 6.92 Å². The molecular formula is C22H22N4O6. The predicted octanol–water partition coefficient (Wildman–Crippen LogP) is 1.75. The van der Waals surface area contributed by atoms with E-state index >= 15 is 0 Å². The number of aromatic nitrogens is 4. The van der Waals surface area contributed by atoms with E-state index in [-0.39, 0.29) is 27.9 Å². The molecule has 3 heterocycles. The smallest absolute Gasteiger partial charge is 0.358 e. The fourth-order valence-electron chi connectivity index (χ4n) is 3.91. The number of pyridine rings is 1. The normalized spacial score (nSPS) is 11.3. The number of benzene rings is 1. The number of carbonyl (C=O) groups is 1. The SMILES string of the molecule is CCn1c2c(C(=O)OC)nc(CO)cc2c(=O)n1-c1ccc(-c2c(C)on(C)c2=O)cc1. The van der Waals surface area contributed by atoms with E-state index in [9.17, 15) is 19.5 Å². The number of nitrogens with zero attached hydrogens (tertiary/aromatic N) is 4. The van der Waals surface area contributed by atoms with E-state index in [4.69, 9.17) is 9.26 Å². The summed E-state index contributed by atoms with van der Waals surface area (Å²) >= 11 is 0. The van der Waals surface area contributed by atoms with E-state index in [2.05, 4.69) is 4.98 Å². The standard InChI is InChI=1S/C22H22N4O6/c1-5-25-19-16(10-14(11-27)23-18(19)22(30)31-4)20(28)26(25)15-8-6-13(7-9-15)17-12(2)32-24(3)21(17)29/h6-10,27H,5,11H2,1-4H3. The lowest BCUT2D eigenvalue weighted by atomic mass is 10.1. The van der Waals surface area contributed by atoms with Crippen LogP contribution in [-0.4, -0.2) is 37.3 Å². The summed E-state index contributed by atoms with van der Waals surface area (Å²) in [6.45, 7) is 3.49. The Morgan fingerprint density at radius 2 is 1.88 bits per heavy atom. The Morgan fingerprint density at radius 1 is 1.19 bits per heavy atom. The molecule has 0 aliphatic rings. The summed E-state index contributed by atoms with van der Waals surface area (Å²) in [5, 5.41) is 9.78. The van der Waals surface area contributed by atoms with Crippen molar-refractivity contribution in [2.75, 3.05) is 7.11 Å². The van der Waals surface area contributed by atoms with E-state index in [1.807, 2.05) is 6.92 Å². The quantitative estimate of drug-likeness (QED) is 0.471. The number of hydrogen-bond donors (Lipinski definition) is 1. The number of esters is 1. The van der Waals surface area contributed by atoms with E-state index in [1.54, 1.807) is 42.9 Å². The number of carbonyl (C=O) groups excluding carboxylic acids is 1. The molecule has 10 heteroatoms. The van der Waals surface area contributed by atoms with Crippen LogP contribution in [0.5, 0.6) is 0 Å². The second kappa shape index (κ2) is 7.97. The summed E-state index contributed by atoms with van der Waals surface area (Å²) < 4.78 is 14.4. The van der Waals surface area contributed by atoms with Crippen LogP contribution >= 0.6 is 0 Å². The van der Waals surface area contributed by atoms with Crippen LogP contribution < -0.4 is 11.1 Å². The Labute approximate surface area is 181 Å². The molecule has 0 aliphatic carbocycles. The van der Waals surface area contributed by atoms with Crippen molar-refractivity contribution in [3.05, 3.63) is 68.2 Å². The third kappa shape index (κ3) is 3.16. The summed E-state index contributed by atoms with van der Waals surface area (Å²) in [5.41, 5.74) is 1.51. The van der Waals surface area contributed by atoms with Crippen LogP contribution in [0.3, 0.4) is 0 Å². The molecule has 166 valence electrons. The predicted molar refractivity (Wildman–Crippen MR) is 116 cm³/mol. The Hall–Kier alpha value is -3.92. The van der Waals surface area contributed by atoms with Crippen molar-refractivity contribution in [2.24, 2.45) is 7.05 Å². The maximum absolute atomic E-state index is 13.3. The van der Waals surface area contributed by atoms with E-state index in [1.165, 1.54) is 17.9 Å². The summed E-state index contributed by atoms with van der Waals surface area (Å²) in [4.78, 5) is 42.2. The minimum atomic E-state index is -0.703. The molecular weight excluding hydrogens is 416 g/mol. The van der Waals surface area contributed by atoms with Gasteiger partial charge in [-0.15, -0.1) is 0 Å². The topological polar surface area (TPSA) is 121 Å². The third-order valence-electron chi connectivity index (χ3n) is 5.33. The lowest BCUT2D eigenvalue weighted by Gasteiger charge is -2.12. The van der Waals surface area contributed by atoms with Gasteiger partial charge in [-0.05, 0) is 37.6 Å². The molecule has 0 bridgehead atoms. The van der Waals surface area contributed by atoms with Gasteiger partial charge in [0.1, 0.15) is 11.3 Å². The molecule has 0 saturated heterocycles. The Bertz CT molecular complexity index is 1450. The average molecular weight is 438 g/mol. The van der Waals surface area contributed by atoms with Crippen molar-refractivity contribution < 1.29 is 19.2 Å². The molecule has 0 spiro atoms. The van der Waals surface area contributed by atoms with Gasteiger partial charge in [0.2, 0.25) is 0 Å². The lowest BCUT2D eigenvalue weighted by molar-refractivity contribution is 0.0595. The molecule has 0 fully saturated rings. The van der Waals surface area contributed by atoms with Gasteiger partial charge in [-0.2, -0.15) is 4.74 Å². The highest BCUT2D eigenvalue weighted by Gasteiger charge is 2.23. The van der Waals surface area contributed by atoms with Gasteiger partial charge < -0.3 is 14.4 Å². The van der Waals surface area contributed by atoms with Crippen LogP contribution in [-0.2, 0) is 24.9 Å². The highest BCUT2D eigenvalue weighted by atomic mass is 16.5. The highest BCUT2D eigenvalue weighted by Crippen LogP contribution is 2.24. The van der Waals surface area contributed by atoms with Gasteiger partial charge in [-0.1, -0.05) is 12.1 Å². The number of ether oxygens (including phenoxy) is 1. The molecule has 4 aromatic rings. The average Bonchev–Trinajstić information content (AvgIpc) is 3.23. The molecule has 1 aromatic carbocycles. The van der Waals surface area contributed by atoms with Crippen molar-refractivity contribution >= 4 is 16.9 Å². The first-order valence-electron chi connectivity index (χ1n) is 9.94. The summed E-state index contributed by atoms with van der Waals surface area (Å²) in [7, 11) is 2.77. The van der Waals surface area contributed by atoms with Crippen molar-refractivity contribution in [2.45, 2.75) is 27.0 Å². The number of aryl methyl sites for hydroxylation is 3. The number of methoxy groups -OCH3 is 1. The molecule has 1 N–H and O–H groups in total. The van der Waals surface area contributed by atoms with Gasteiger partial charge in [-0.25, -0.2) is 14.5 Å². The Kier molecular flexibility index (Phi) is 5.31. The van der Waals surface area contributed by atoms with Crippen LogP contribution in [0.15, 0.2) is 44.4 Å². The molecule has 32 heavy (non-hydrogen) atoms. The molecule has 0 saturated carbocycles. The van der Waals surface area contributed by atoms with Gasteiger partial charge in [0.05, 0.1) is 36.0 Å². The van der Waals surface area contributed by atoms with Gasteiger partial charge >= 0.3 is 5.97 Å². The second-order valence-corrected chi connectivity index (χ2v) is 7.21.